The minimum Gasteiger partial charge on any atom is -0.365 e. The molecular formula is C15H22O3. The molecule has 1 N–H and O–H groups in total. The molecule has 1 saturated carbocycles. The Balaban J connectivity index is 2.15. The molecule has 100 valence electrons. The molecule has 0 aromatic heterocycles. The van der Waals surface area contributed by atoms with E-state index < -0.39 is 5.79 Å². The van der Waals surface area contributed by atoms with E-state index in [4.69, 9.17) is 4.74 Å². The van der Waals surface area contributed by atoms with E-state index in [0.717, 1.165) is 18.4 Å². The lowest BCUT2D eigenvalue weighted by Gasteiger charge is -2.53. The first-order chi connectivity index (χ1) is 8.39. The highest BCUT2D eigenvalue weighted by Gasteiger charge is 2.63. The van der Waals surface area contributed by atoms with Gasteiger partial charge in [0.2, 0.25) is 0 Å². The maximum atomic E-state index is 12.3. The number of ether oxygens (including phenoxy) is 1. The van der Waals surface area contributed by atoms with Crippen LogP contribution >= 0.6 is 0 Å². The average molecular weight is 250 g/mol. The molecule has 0 radical (unpaired) electrons. The topological polar surface area (TPSA) is 46.5 Å². The number of rotatable bonds is 0. The van der Waals surface area contributed by atoms with Crippen molar-refractivity contribution in [1.29, 1.82) is 0 Å². The van der Waals surface area contributed by atoms with E-state index in [0.29, 0.717) is 18.4 Å². The average Bonchev–Trinajstić information content (AvgIpc) is 2.58. The zero-order chi connectivity index (χ0) is 13.1. The van der Waals surface area contributed by atoms with Gasteiger partial charge >= 0.3 is 0 Å². The second-order valence-electron chi connectivity index (χ2n) is 6.59. The Morgan fingerprint density at radius 2 is 2.17 bits per heavy atom. The van der Waals surface area contributed by atoms with Crippen molar-refractivity contribution in [2.24, 2.45) is 23.2 Å². The van der Waals surface area contributed by atoms with Crippen molar-refractivity contribution >= 4 is 5.78 Å². The van der Waals surface area contributed by atoms with Crippen molar-refractivity contribution in [3.05, 3.63) is 11.6 Å². The summed E-state index contributed by atoms with van der Waals surface area (Å²) in [5.41, 5.74) is 0.728. The van der Waals surface area contributed by atoms with Gasteiger partial charge < -0.3 is 9.84 Å². The summed E-state index contributed by atoms with van der Waals surface area (Å²) in [6.07, 6.45) is 4.31. The van der Waals surface area contributed by atoms with E-state index in [9.17, 15) is 9.90 Å². The number of fused-ring (bicyclic) bond motifs is 3. The maximum Gasteiger partial charge on any atom is 0.176 e. The lowest BCUT2D eigenvalue weighted by Crippen LogP contribution is -2.56. The third-order valence-electron chi connectivity index (χ3n) is 5.56. The van der Waals surface area contributed by atoms with Gasteiger partial charge in [0.15, 0.2) is 11.6 Å². The molecule has 0 amide bonds. The Morgan fingerprint density at radius 1 is 1.44 bits per heavy atom. The normalized spacial score (nSPS) is 51.7. The molecule has 18 heavy (non-hydrogen) atoms. The Labute approximate surface area is 108 Å². The molecule has 3 aliphatic rings. The number of allylic oxidation sites excluding steroid dienone is 2. The Bertz CT molecular complexity index is 427. The molecule has 0 aromatic carbocycles. The predicted molar refractivity (Wildman–Crippen MR) is 67.8 cm³/mol. The maximum absolute atomic E-state index is 12.3. The minimum atomic E-state index is -1.23. The SMILES string of the molecule is C[C@@H]1CO[C@@]2(O)CC(=O)C3=CCC[C@H](C)[C@@]3(C)[C@@H]12. The molecule has 2 fully saturated rings. The first kappa shape index (κ1) is 12.4. The van der Waals surface area contributed by atoms with Gasteiger partial charge in [0, 0.05) is 11.3 Å². The quantitative estimate of drug-likeness (QED) is 0.717. The van der Waals surface area contributed by atoms with Crippen molar-refractivity contribution in [2.45, 2.75) is 45.8 Å². The standard InChI is InChI=1S/C15H22O3/c1-9-8-18-15(17)7-12(16)11-6-4-5-10(2)14(11,3)13(9)15/h6,9-10,13,17H,4-5,7-8H2,1-3H3/t9-,10+,13-,14-,15+/m1/s1. The molecule has 0 unspecified atom stereocenters. The van der Waals surface area contributed by atoms with Gasteiger partial charge in [-0.05, 0) is 30.3 Å². The molecule has 3 nitrogen and oxygen atoms in total. The van der Waals surface area contributed by atoms with Gasteiger partial charge in [-0.25, -0.2) is 0 Å². The highest BCUT2D eigenvalue weighted by molar-refractivity contribution is 5.98. The fraction of sp³-hybridized carbons (Fsp3) is 0.800. The second-order valence-corrected chi connectivity index (χ2v) is 6.59. The number of aliphatic hydroxyl groups is 1. The van der Waals surface area contributed by atoms with Crippen LogP contribution in [-0.2, 0) is 9.53 Å². The molecule has 3 rings (SSSR count). The van der Waals surface area contributed by atoms with Crippen molar-refractivity contribution in [2.75, 3.05) is 6.61 Å². The molecule has 3 heteroatoms. The van der Waals surface area contributed by atoms with Crippen LogP contribution in [0.4, 0.5) is 0 Å². The van der Waals surface area contributed by atoms with Gasteiger partial charge in [-0.1, -0.05) is 26.8 Å². The number of carbonyl (C=O) groups excluding carboxylic acids is 1. The summed E-state index contributed by atoms with van der Waals surface area (Å²) in [6, 6.07) is 0. The number of hydrogen-bond acceptors (Lipinski definition) is 3. The molecular weight excluding hydrogens is 228 g/mol. The Hall–Kier alpha value is -0.670. The molecule has 1 heterocycles. The molecule has 0 aromatic rings. The fourth-order valence-electron chi connectivity index (χ4n) is 4.60. The van der Waals surface area contributed by atoms with Gasteiger partial charge in [0.25, 0.3) is 0 Å². The van der Waals surface area contributed by atoms with Crippen LogP contribution in [0.3, 0.4) is 0 Å². The van der Waals surface area contributed by atoms with Crippen LogP contribution in [0.2, 0.25) is 0 Å². The van der Waals surface area contributed by atoms with E-state index in [-0.39, 0.29) is 23.5 Å². The Morgan fingerprint density at radius 3 is 2.89 bits per heavy atom. The van der Waals surface area contributed by atoms with Crippen LogP contribution in [0.5, 0.6) is 0 Å². The second kappa shape index (κ2) is 3.67. The first-order valence-electron chi connectivity index (χ1n) is 7.00. The molecule has 2 aliphatic carbocycles. The van der Waals surface area contributed by atoms with Gasteiger partial charge in [0.05, 0.1) is 13.0 Å². The summed E-state index contributed by atoms with van der Waals surface area (Å²) in [6.45, 7) is 7.05. The summed E-state index contributed by atoms with van der Waals surface area (Å²) < 4.78 is 5.60. The van der Waals surface area contributed by atoms with Crippen LogP contribution < -0.4 is 0 Å². The fourth-order valence-corrected chi connectivity index (χ4v) is 4.60. The summed E-state index contributed by atoms with van der Waals surface area (Å²) in [4.78, 5) is 12.3. The zero-order valence-corrected chi connectivity index (χ0v) is 11.4. The number of carbonyl (C=O) groups is 1. The van der Waals surface area contributed by atoms with E-state index in [1.54, 1.807) is 0 Å². The van der Waals surface area contributed by atoms with Gasteiger partial charge in [0.1, 0.15) is 0 Å². The number of hydrogen-bond donors (Lipinski definition) is 1. The first-order valence-corrected chi connectivity index (χ1v) is 7.00. The van der Waals surface area contributed by atoms with Crippen LogP contribution in [0.1, 0.15) is 40.0 Å². The monoisotopic (exact) mass is 250 g/mol. The van der Waals surface area contributed by atoms with Crippen LogP contribution in [0.15, 0.2) is 11.6 Å². The van der Waals surface area contributed by atoms with E-state index in [1.807, 2.05) is 0 Å². The minimum absolute atomic E-state index is 0.0456. The summed E-state index contributed by atoms with van der Waals surface area (Å²) in [5, 5.41) is 10.7. The van der Waals surface area contributed by atoms with Gasteiger partial charge in [-0.3, -0.25) is 4.79 Å². The van der Waals surface area contributed by atoms with E-state index in [2.05, 4.69) is 26.8 Å². The van der Waals surface area contributed by atoms with Gasteiger partial charge in [-0.15, -0.1) is 0 Å². The summed E-state index contributed by atoms with van der Waals surface area (Å²) >= 11 is 0. The van der Waals surface area contributed by atoms with Crippen LogP contribution in [-0.4, -0.2) is 23.3 Å². The summed E-state index contributed by atoms with van der Waals surface area (Å²) in [5.74, 6) is -0.380. The van der Waals surface area contributed by atoms with E-state index >= 15 is 0 Å². The van der Waals surface area contributed by atoms with Crippen molar-refractivity contribution in [3.63, 3.8) is 0 Å². The highest BCUT2D eigenvalue weighted by atomic mass is 16.6. The largest absolute Gasteiger partial charge is 0.365 e. The zero-order valence-electron chi connectivity index (χ0n) is 11.4. The number of Topliss-reactive ketones (excluding diaryl/α,β-unsaturated/α-hetero) is 1. The van der Waals surface area contributed by atoms with Gasteiger partial charge in [-0.2, -0.15) is 0 Å². The lowest BCUT2D eigenvalue weighted by atomic mass is 9.51. The van der Waals surface area contributed by atoms with Crippen molar-refractivity contribution < 1.29 is 14.6 Å². The van der Waals surface area contributed by atoms with Crippen molar-refractivity contribution in [1.82, 2.24) is 0 Å². The van der Waals surface area contributed by atoms with Crippen LogP contribution in [0, 0.1) is 23.2 Å². The highest BCUT2D eigenvalue weighted by Crippen LogP contribution is 2.60. The molecule has 5 atom stereocenters. The number of ketones is 1. The lowest BCUT2D eigenvalue weighted by molar-refractivity contribution is -0.227. The third-order valence-corrected chi connectivity index (χ3v) is 5.56. The Kier molecular flexibility index (Phi) is 2.52. The molecule has 0 bridgehead atoms. The third kappa shape index (κ3) is 1.35. The van der Waals surface area contributed by atoms with E-state index in [1.165, 1.54) is 0 Å². The summed E-state index contributed by atoms with van der Waals surface area (Å²) in [7, 11) is 0. The smallest absolute Gasteiger partial charge is 0.176 e. The molecule has 1 aliphatic heterocycles. The molecule has 1 saturated heterocycles. The van der Waals surface area contributed by atoms with Crippen molar-refractivity contribution in [3.8, 4) is 0 Å². The predicted octanol–water partition coefficient (Wildman–Crippen LogP) is 2.29. The van der Waals surface area contributed by atoms with Crippen LogP contribution in [0.25, 0.3) is 0 Å². The molecule has 0 spiro atoms.